The minimum atomic E-state index is -0.687. The Hall–Kier alpha value is -2.41. The first kappa shape index (κ1) is 18.4. The predicted molar refractivity (Wildman–Crippen MR) is 93.6 cm³/mol. The van der Waals surface area contributed by atoms with E-state index in [1.807, 2.05) is 29.2 Å². The summed E-state index contributed by atoms with van der Waals surface area (Å²) in [6, 6.07) is 13.7. The van der Waals surface area contributed by atoms with Gasteiger partial charge in [0.1, 0.15) is 23.9 Å². The van der Waals surface area contributed by atoms with Crippen LogP contribution in [0.25, 0.3) is 0 Å². The van der Waals surface area contributed by atoms with E-state index in [0.717, 1.165) is 11.3 Å². The van der Waals surface area contributed by atoms with E-state index in [-0.39, 0.29) is 12.4 Å². The monoisotopic (exact) mass is 359 g/mol. The van der Waals surface area contributed by atoms with E-state index in [0.29, 0.717) is 32.0 Å². The molecule has 1 atom stereocenters. The molecule has 5 nitrogen and oxygen atoms in total. The fourth-order valence-corrected chi connectivity index (χ4v) is 2.74. The molecule has 1 N–H and O–H groups in total. The number of rotatable bonds is 10. The molecule has 0 aliphatic rings. The van der Waals surface area contributed by atoms with Crippen LogP contribution in [-0.2, 0) is 24.4 Å². The summed E-state index contributed by atoms with van der Waals surface area (Å²) in [5.74, 6) is 1.22. The molecule has 0 saturated carbocycles. The summed E-state index contributed by atoms with van der Waals surface area (Å²) in [6.45, 7) is 1.87. The van der Waals surface area contributed by atoms with E-state index in [9.17, 15) is 9.50 Å². The van der Waals surface area contributed by atoms with E-state index in [1.165, 1.54) is 12.1 Å². The highest BCUT2D eigenvalue weighted by Crippen LogP contribution is 2.13. The standard InChI is InChI=1S/C20H22FNO4/c21-17-5-1-4-16(10-17)11-22(13-19-6-2-8-25-19)12-18(23)14-24-15-20-7-3-9-26-20/h1-10,18,23H,11-15H2/t18-/m1/s1. The molecule has 2 aromatic heterocycles. The lowest BCUT2D eigenvalue weighted by Crippen LogP contribution is -2.34. The summed E-state index contributed by atoms with van der Waals surface area (Å²) < 4.78 is 29.5. The van der Waals surface area contributed by atoms with Crippen LogP contribution < -0.4 is 0 Å². The fraction of sp³-hybridized carbons (Fsp3) is 0.300. The molecule has 0 unspecified atom stereocenters. The second-order valence-corrected chi connectivity index (χ2v) is 6.13. The number of ether oxygens (including phenoxy) is 1. The Morgan fingerprint density at radius 2 is 1.77 bits per heavy atom. The summed E-state index contributed by atoms with van der Waals surface area (Å²) in [5, 5.41) is 10.3. The Bertz CT molecular complexity index is 758. The molecule has 6 heteroatoms. The molecule has 0 bridgehead atoms. The number of halogens is 1. The molecule has 0 fully saturated rings. The van der Waals surface area contributed by atoms with Gasteiger partial charge in [-0.1, -0.05) is 12.1 Å². The van der Waals surface area contributed by atoms with E-state index in [4.69, 9.17) is 13.6 Å². The smallest absolute Gasteiger partial charge is 0.129 e. The topological polar surface area (TPSA) is 59.0 Å². The van der Waals surface area contributed by atoms with Crippen LogP contribution in [-0.4, -0.2) is 29.3 Å². The molecular formula is C20H22FNO4. The van der Waals surface area contributed by atoms with Crippen LogP contribution in [0.15, 0.2) is 69.9 Å². The summed E-state index contributed by atoms with van der Waals surface area (Å²) in [7, 11) is 0. The molecule has 0 aliphatic carbocycles. The van der Waals surface area contributed by atoms with Crippen molar-refractivity contribution in [2.24, 2.45) is 0 Å². The number of benzene rings is 1. The van der Waals surface area contributed by atoms with Crippen molar-refractivity contribution in [2.45, 2.75) is 25.8 Å². The maximum absolute atomic E-state index is 13.4. The molecule has 3 rings (SSSR count). The number of nitrogens with zero attached hydrogens (tertiary/aromatic N) is 1. The minimum absolute atomic E-state index is 0.179. The maximum Gasteiger partial charge on any atom is 0.129 e. The molecule has 0 amide bonds. The van der Waals surface area contributed by atoms with E-state index in [2.05, 4.69) is 0 Å². The molecule has 3 aromatic rings. The highest BCUT2D eigenvalue weighted by Gasteiger charge is 2.15. The molecule has 2 heterocycles. The Labute approximate surface area is 151 Å². The lowest BCUT2D eigenvalue weighted by Gasteiger charge is -2.24. The van der Waals surface area contributed by atoms with Crippen LogP contribution in [0.3, 0.4) is 0 Å². The predicted octanol–water partition coefficient (Wildman–Crippen LogP) is 3.59. The Balaban J connectivity index is 1.55. The minimum Gasteiger partial charge on any atom is -0.468 e. The molecule has 26 heavy (non-hydrogen) atoms. The van der Waals surface area contributed by atoms with Crippen LogP contribution in [0.5, 0.6) is 0 Å². The van der Waals surface area contributed by atoms with Crippen molar-refractivity contribution in [3.63, 3.8) is 0 Å². The van der Waals surface area contributed by atoms with Crippen LogP contribution in [0.2, 0.25) is 0 Å². The summed E-state index contributed by atoms with van der Waals surface area (Å²) in [4.78, 5) is 1.99. The van der Waals surface area contributed by atoms with Gasteiger partial charge in [-0.2, -0.15) is 0 Å². The van der Waals surface area contributed by atoms with Crippen molar-refractivity contribution < 1.29 is 23.1 Å². The second kappa shape index (κ2) is 9.33. The lowest BCUT2D eigenvalue weighted by atomic mass is 10.2. The normalized spacial score (nSPS) is 12.6. The zero-order valence-electron chi connectivity index (χ0n) is 14.4. The quantitative estimate of drug-likeness (QED) is 0.599. The Morgan fingerprint density at radius 3 is 2.46 bits per heavy atom. The van der Waals surface area contributed by atoms with Gasteiger partial charge in [-0.15, -0.1) is 0 Å². The average Bonchev–Trinajstić information content (AvgIpc) is 3.28. The van der Waals surface area contributed by atoms with Crippen LogP contribution in [0, 0.1) is 5.82 Å². The van der Waals surface area contributed by atoms with E-state index >= 15 is 0 Å². The number of aliphatic hydroxyl groups excluding tert-OH is 1. The first-order valence-electron chi connectivity index (χ1n) is 8.46. The molecule has 0 aliphatic heterocycles. The molecule has 0 spiro atoms. The summed E-state index contributed by atoms with van der Waals surface area (Å²) >= 11 is 0. The number of furan rings is 2. The molecule has 1 aromatic carbocycles. The highest BCUT2D eigenvalue weighted by molar-refractivity contribution is 5.16. The van der Waals surface area contributed by atoms with Gasteiger partial charge < -0.3 is 18.7 Å². The van der Waals surface area contributed by atoms with Gasteiger partial charge in [0.05, 0.1) is 31.8 Å². The average molecular weight is 359 g/mol. The largest absolute Gasteiger partial charge is 0.468 e. The SMILES string of the molecule is O[C@@H](COCc1ccco1)CN(Cc1cccc(F)c1)Cc1ccco1. The molecule has 138 valence electrons. The number of hydrogen-bond acceptors (Lipinski definition) is 5. The van der Waals surface area contributed by atoms with E-state index < -0.39 is 6.10 Å². The van der Waals surface area contributed by atoms with Gasteiger partial charge in [0.25, 0.3) is 0 Å². The van der Waals surface area contributed by atoms with Crippen LogP contribution in [0.4, 0.5) is 4.39 Å². The highest BCUT2D eigenvalue weighted by atomic mass is 19.1. The summed E-state index contributed by atoms with van der Waals surface area (Å²) in [5.41, 5.74) is 0.834. The fourth-order valence-electron chi connectivity index (χ4n) is 2.74. The van der Waals surface area contributed by atoms with Crippen molar-refractivity contribution >= 4 is 0 Å². The zero-order valence-corrected chi connectivity index (χ0v) is 14.4. The molecule has 0 radical (unpaired) electrons. The first-order chi connectivity index (χ1) is 12.7. The van der Waals surface area contributed by atoms with Gasteiger partial charge in [0, 0.05) is 13.1 Å². The van der Waals surface area contributed by atoms with Crippen LogP contribution in [0.1, 0.15) is 17.1 Å². The van der Waals surface area contributed by atoms with Crippen molar-refractivity contribution in [3.8, 4) is 0 Å². The third kappa shape index (κ3) is 5.84. The van der Waals surface area contributed by atoms with Gasteiger partial charge in [-0.05, 0) is 42.0 Å². The first-order valence-corrected chi connectivity index (χ1v) is 8.46. The summed E-state index contributed by atoms with van der Waals surface area (Å²) in [6.07, 6.45) is 2.51. The van der Waals surface area contributed by atoms with Crippen molar-refractivity contribution in [2.75, 3.05) is 13.2 Å². The lowest BCUT2D eigenvalue weighted by molar-refractivity contribution is 0.00162. The second-order valence-electron chi connectivity index (χ2n) is 6.13. The molecular weight excluding hydrogens is 337 g/mol. The van der Waals surface area contributed by atoms with Crippen molar-refractivity contribution in [1.82, 2.24) is 4.90 Å². The van der Waals surface area contributed by atoms with Gasteiger partial charge in [0.15, 0.2) is 0 Å². The van der Waals surface area contributed by atoms with Gasteiger partial charge >= 0.3 is 0 Å². The zero-order chi connectivity index (χ0) is 18.2. The number of hydrogen-bond donors (Lipinski definition) is 1. The van der Waals surface area contributed by atoms with Crippen molar-refractivity contribution in [1.29, 1.82) is 0 Å². The number of aliphatic hydroxyl groups is 1. The maximum atomic E-state index is 13.4. The van der Waals surface area contributed by atoms with Gasteiger partial charge in [-0.3, -0.25) is 4.90 Å². The Morgan fingerprint density at radius 1 is 1.00 bits per heavy atom. The Kier molecular flexibility index (Phi) is 6.60. The van der Waals surface area contributed by atoms with Crippen LogP contribution >= 0.6 is 0 Å². The van der Waals surface area contributed by atoms with E-state index in [1.54, 1.807) is 24.7 Å². The third-order valence-corrected chi connectivity index (χ3v) is 3.86. The van der Waals surface area contributed by atoms with Gasteiger partial charge in [0.2, 0.25) is 0 Å². The third-order valence-electron chi connectivity index (χ3n) is 3.86. The van der Waals surface area contributed by atoms with Gasteiger partial charge in [-0.25, -0.2) is 4.39 Å². The molecule has 0 saturated heterocycles. The van der Waals surface area contributed by atoms with Crippen molar-refractivity contribution in [3.05, 3.63) is 84.0 Å².